The first-order valence-corrected chi connectivity index (χ1v) is 8.33. The normalized spacial score (nSPS) is 15.2. The van der Waals surface area contributed by atoms with Crippen LogP contribution in [0.25, 0.3) is 10.9 Å². The van der Waals surface area contributed by atoms with Gasteiger partial charge < -0.3 is 4.90 Å². The van der Waals surface area contributed by atoms with E-state index in [4.69, 9.17) is 0 Å². The summed E-state index contributed by atoms with van der Waals surface area (Å²) >= 11 is 0. The van der Waals surface area contributed by atoms with Crippen molar-refractivity contribution >= 4 is 16.8 Å². The number of carbonyl (C=O) groups excluding carboxylic acids is 1. The number of amides is 1. The van der Waals surface area contributed by atoms with Gasteiger partial charge in [0.2, 0.25) is 0 Å². The van der Waals surface area contributed by atoms with E-state index in [0.29, 0.717) is 11.6 Å². The molecule has 4 heteroatoms. The zero-order chi connectivity index (χ0) is 16.5. The summed E-state index contributed by atoms with van der Waals surface area (Å²) in [6.45, 7) is 2.05. The molecule has 2 heterocycles. The molecule has 1 aliphatic rings. The van der Waals surface area contributed by atoms with Crippen LogP contribution in [0.5, 0.6) is 0 Å². The fourth-order valence-electron chi connectivity index (χ4n) is 3.19. The van der Waals surface area contributed by atoms with Gasteiger partial charge in [0.1, 0.15) is 0 Å². The van der Waals surface area contributed by atoms with Crippen LogP contribution in [-0.4, -0.2) is 26.8 Å². The van der Waals surface area contributed by atoms with Crippen molar-refractivity contribution in [2.75, 3.05) is 0 Å². The van der Waals surface area contributed by atoms with Gasteiger partial charge in [0.25, 0.3) is 5.91 Å². The Hall–Kier alpha value is -2.75. The third-order valence-electron chi connectivity index (χ3n) is 4.57. The van der Waals surface area contributed by atoms with Crippen LogP contribution in [0.1, 0.15) is 41.9 Å². The lowest BCUT2D eigenvalue weighted by atomic mass is 10.1. The number of pyridine rings is 2. The molecule has 0 bridgehead atoms. The Kier molecular flexibility index (Phi) is 3.73. The molecular weight excluding hydrogens is 298 g/mol. The Morgan fingerprint density at radius 1 is 1.04 bits per heavy atom. The van der Waals surface area contributed by atoms with Gasteiger partial charge in [-0.3, -0.25) is 14.8 Å². The molecule has 120 valence electrons. The van der Waals surface area contributed by atoms with Gasteiger partial charge in [-0.05, 0) is 44.0 Å². The Labute approximate surface area is 141 Å². The van der Waals surface area contributed by atoms with Crippen LogP contribution in [0.15, 0.2) is 60.9 Å². The highest BCUT2D eigenvalue weighted by molar-refractivity contribution is 6.05. The molecule has 0 N–H and O–H groups in total. The van der Waals surface area contributed by atoms with E-state index in [9.17, 15) is 4.79 Å². The lowest BCUT2D eigenvalue weighted by Gasteiger charge is -2.29. The molecule has 0 aliphatic heterocycles. The number of rotatable bonds is 4. The van der Waals surface area contributed by atoms with Crippen molar-refractivity contribution in [1.29, 1.82) is 0 Å². The predicted molar refractivity (Wildman–Crippen MR) is 93.6 cm³/mol. The van der Waals surface area contributed by atoms with E-state index in [-0.39, 0.29) is 11.9 Å². The van der Waals surface area contributed by atoms with E-state index < -0.39 is 0 Å². The Bertz CT molecular complexity index is 869. The zero-order valence-electron chi connectivity index (χ0n) is 13.6. The number of hydrogen-bond acceptors (Lipinski definition) is 3. The third-order valence-corrected chi connectivity index (χ3v) is 4.57. The van der Waals surface area contributed by atoms with Crippen LogP contribution in [-0.2, 0) is 0 Å². The first kappa shape index (κ1) is 14.8. The highest BCUT2D eigenvalue weighted by Gasteiger charge is 2.37. The molecule has 1 unspecified atom stereocenters. The van der Waals surface area contributed by atoms with Crippen molar-refractivity contribution in [1.82, 2.24) is 14.9 Å². The van der Waals surface area contributed by atoms with E-state index >= 15 is 0 Å². The maximum Gasteiger partial charge on any atom is 0.256 e. The molecule has 1 aliphatic carbocycles. The molecule has 24 heavy (non-hydrogen) atoms. The second-order valence-electron chi connectivity index (χ2n) is 6.25. The van der Waals surface area contributed by atoms with Gasteiger partial charge in [-0.1, -0.05) is 24.3 Å². The molecular formula is C20H19N3O. The van der Waals surface area contributed by atoms with E-state index in [1.165, 1.54) is 0 Å². The van der Waals surface area contributed by atoms with Gasteiger partial charge in [0.15, 0.2) is 0 Å². The van der Waals surface area contributed by atoms with Gasteiger partial charge in [-0.15, -0.1) is 0 Å². The van der Waals surface area contributed by atoms with Crippen molar-refractivity contribution < 1.29 is 4.79 Å². The van der Waals surface area contributed by atoms with Gasteiger partial charge >= 0.3 is 0 Å². The largest absolute Gasteiger partial charge is 0.327 e. The summed E-state index contributed by atoms with van der Waals surface area (Å²) in [5.74, 6) is 0.0416. The first-order chi connectivity index (χ1) is 11.8. The first-order valence-electron chi connectivity index (χ1n) is 8.33. The third kappa shape index (κ3) is 2.64. The summed E-state index contributed by atoms with van der Waals surface area (Å²) in [5.41, 5.74) is 2.36. The molecule has 4 rings (SSSR count). The highest BCUT2D eigenvalue weighted by Crippen LogP contribution is 2.35. The number of para-hydroxylation sites is 1. The van der Waals surface area contributed by atoms with Gasteiger partial charge in [0, 0.05) is 23.8 Å². The number of aromatic nitrogens is 2. The van der Waals surface area contributed by atoms with Crippen LogP contribution in [0.2, 0.25) is 0 Å². The average molecular weight is 317 g/mol. The van der Waals surface area contributed by atoms with Crippen LogP contribution in [0.3, 0.4) is 0 Å². The molecule has 1 atom stereocenters. The number of carbonyl (C=O) groups is 1. The number of nitrogens with zero attached hydrogens (tertiary/aromatic N) is 3. The molecule has 1 amide bonds. The van der Waals surface area contributed by atoms with Crippen molar-refractivity contribution in [2.45, 2.75) is 31.8 Å². The van der Waals surface area contributed by atoms with Crippen molar-refractivity contribution in [3.8, 4) is 0 Å². The lowest BCUT2D eigenvalue weighted by Crippen LogP contribution is -2.36. The minimum Gasteiger partial charge on any atom is -0.327 e. The number of hydrogen-bond donors (Lipinski definition) is 0. The van der Waals surface area contributed by atoms with E-state index in [0.717, 1.165) is 29.4 Å². The number of benzene rings is 1. The molecule has 0 radical (unpaired) electrons. The van der Waals surface area contributed by atoms with Gasteiger partial charge in [-0.25, -0.2) is 0 Å². The van der Waals surface area contributed by atoms with Crippen LogP contribution in [0, 0.1) is 0 Å². The fourth-order valence-corrected chi connectivity index (χ4v) is 3.19. The molecule has 3 aromatic rings. The fraction of sp³-hybridized carbons (Fsp3) is 0.250. The van der Waals surface area contributed by atoms with Crippen molar-refractivity contribution in [3.63, 3.8) is 0 Å². The summed E-state index contributed by atoms with van der Waals surface area (Å²) in [7, 11) is 0. The minimum absolute atomic E-state index is 0.0416. The minimum atomic E-state index is -0.0508. The Morgan fingerprint density at radius 2 is 1.83 bits per heavy atom. The monoisotopic (exact) mass is 317 g/mol. The second kappa shape index (κ2) is 6.04. The second-order valence-corrected chi connectivity index (χ2v) is 6.25. The quantitative estimate of drug-likeness (QED) is 0.731. The smallest absolute Gasteiger partial charge is 0.256 e. The number of fused-ring (bicyclic) bond motifs is 1. The summed E-state index contributed by atoms with van der Waals surface area (Å²) in [6, 6.07) is 15.8. The van der Waals surface area contributed by atoms with Crippen molar-refractivity contribution in [3.05, 3.63) is 72.2 Å². The van der Waals surface area contributed by atoms with Gasteiger partial charge in [-0.2, -0.15) is 0 Å². The summed E-state index contributed by atoms with van der Waals surface area (Å²) in [5, 5.41) is 0.990. The molecule has 2 aromatic heterocycles. The Morgan fingerprint density at radius 3 is 2.58 bits per heavy atom. The van der Waals surface area contributed by atoms with Crippen molar-refractivity contribution in [2.24, 2.45) is 0 Å². The zero-order valence-corrected chi connectivity index (χ0v) is 13.6. The highest BCUT2D eigenvalue weighted by atomic mass is 16.2. The van der Waals surface area contributed by atoms with Crippen LogP contribution >= 0.6 is 0 Å². The molecule has 4 nitrogen and oxygen atoms in total. The molecule has 0 saturated heterocycles. The van der Waals surface area contributed by atoms with E-state index in [1.807, 2.05) is 53.4 Å². The maximum atomic E-state index is 13.3. The van der Waals surface area contributed by atoms with Crippen LogP contribution < -0.4 is 0 Å². The molecule has 1 fully saturated rings. The van der Waals surface area contributed by atoms with Gasteiger partial charge in [0.05, 0.1) is 22.8 Å². The maximum absolute atomic E-state index is 13.3. The predicted octanol–water partition coefficient (Wildman–Crippen LogP) is 4.00. The SMILES string of the molecule is CC(c1ccccn1)N(C(=O)c1cccc2cccnc12)C1CC1. The molecule has 1 aromatic carbocycles. The van der Waals surface area contributed by atoms with E-state index in [2.05, 4.69) is 16.9 Å². The van der Waals surface area contributed by atoms with E-state index in [1.54, 1.807) is 12.4 Å². The molecule has 1 saturated carbocycles. The Balaban J connectivity index is 1.75. The standard InChI is InChI=1S/C20H19N3O/c1-14(18-9-2-3-12-21-18)23(16-10-11-16)20(24)17-8-4-6-15-7-5-13-22-19(15)17/h2-9,12-14,16H,10-11H2,1H3. The molecule has 0 spiro atoms. The van der Waals surface area contributed by atoms with Crippen LogP contribution in [0.4, 0.5) is 0 Å². The summed E-state index contributed by atoms with van der Waals surface area (Å²) in [6.07, 6.45) is 5.63. The summed E-state index contributed by atoms with van der Waals surface area (Å²) in [4.78, 5) is 24.2. The lowest BCUT2D eigenvalue weighted by molar-refractivity contribution is 0.0672. The topological polar surface area (TPSA) is 46.1 Å². The average Bonchev–Trinajstić information content (AvgIpc) is 3.47. The summed E-state index contributed by atoms with van der Waals surface area (Å²) < 4.78 is 0.